The molecule has 1 spiro atoms. The lowest BCUT2D eigenvalue weighted by molar-refractivity contribution is 0.0975. The van der Waals surface area contributed by atoms with Gasteiger partial charge < -0.3 is 5.32 Å². The average Bonchev–Trinajstić information content (AvgIpc) is 2.73. The van der Waals surface area contributed by atoms with E-state index in [1.165, 1.54) is 6.07 Å². The van der Waals surface area contributed by atoms with Gasteiger partial charge in [0.25, 0.3) is 5.91 Å². The molecule has 3 nitrogen and oxygen atoms in total. The van der Waals surface area contributed by atoms with E-state index in [2.05, 4.69) is 5.32 Å². The van der Waals surface area contributed by atoms with Crippen molar-refractivity contribution in [2.75, 3.05) is 17.3 Å². The van der Waals surface area contributed by atoms with Crippen LogP contribution in [0.5, 0.6) is 0 Å². The third-order valence-corrected chi connectivity index (χ3v) is 8.10. The highest BCUT2D eigenvalue weighted by Gasteiger charge is 2.53. The molecule has 0 aliphatic carbocycles. The Morgan fingerprint density at radius 3 is 2.46 bits per heavy atom. The summed E-state index contributed by atoms with van der Waals surface area (Å²) in [6.45, 7) is 2.04. The third-order valence-electron chi connectivity index (χ3n) is 5.95. The van der Waals surface area contributed by atoms with Crippen molar-refractivity contribution in [1.29, 1.82) is 0 Å². The molecule has 1 saturated heterocycles. The van der Waals surface area contributed by atoms with Crippen molar-refractivity contribution in [2.24, 2.45) is 10.4 Å². The van der Waals surface area contributed by atoms with Gasteiger partial charge in [-0.25, -0.2) is 4.39 Å². The molecule has 0 bridgehead atoms. The SMILES string of the molecule is C[C@]1(c2ccccc2F)N=C(NC(=O)c2ccccc2)SCC12CCSCC2. The number of rotatable bonds is 2. The molecular weight excluding hydrogens is 391 g/mol. The molecule has 2 heterocycles. The van der Waals surface area contributed by atoms with E-state index in [4.69, 9.17) is 4.99 Å². The second-order valence-corrected chi connectivity index (χ2v) is 9.66. The summed E-state index contributed by atoms with van der Waals surface area (Å²) >= 11 is 3.53. The molecule has 0 aromatic heterocycles. The number of thioether (sulfide) groups is 2. The van der Waals surface area contributed by atoms with E-state index in [0.717, 1.165) is 30.1 Å². The molecule has 1 N–H and O–H groups in total. The first-order chi connectivity index (χ1) is 13.5. The molecule has 28 heavy (non-hydrogen) atoms. The van der Waals surface area contributed by atoms with Gasteiger partial charge in [0, 0.05) is 22.3 Å². The molecule has 1 fully saturated rings. The zero-order chi connectivity index (χ0) is 19.6. The second-order valence-electron chi connectivity index (χ2n) is 7.47. The number of amides is 1. The van der Waals surface area contributed by atoms with E-state index < -0.39 is 5.54 Å². The molecule has 2 aromatic rings. The second kappa shape index (κ2) is 7.91. The zero-order valence-corrected chi connectivity index (χ0v) is 17.4. The number of nitrogens with zero attached hydrogens (tertiary/aromatic N) is 1. The normalized spacial score (nSPS) is 23.9. The van der Waals surface area contributed by atoms with Crippen LogP contribution in [0.2, 0.25) is 0 Å². The Morgan fingerprint density at radius 1 is 1.07 bits per heavy atom. The average molecular weight is 415 g/mol. The van der Waals surface area contributed by atoms with Crippen LogP contribution in [-0.2, 0) is 5.54 Å². The van der Waals surface area contributed by atoms with E-state index in [0.29, 0.717) is 16.3 Å². The highest BCUT2D eigenvalue weighted by molar-refractivity contribution is 8.14. The quantitative estimate of drug-likeness (QED) is 0.744. The maximum absolute atomic E-state index is 14.8. The number of halogens is 1. The van der Waals surface area contributed by atoms with Crippen molar-refractivity contribution < 1.29 is 9.18 Å². The first-order valence-electron chi connectivity index (χ1n) is 9.46. The van der Waals surface area contributed by atoms with Crippen LogP contribution in [0.4, 0.5) is 4.39 Å². The van der Waals surface area contributed by atoms with Crippen LogP contribution in [0, 0.1) is 11.2 Å². The number of hydrogen-bond donors (Lipinski definition) is 1. The fraction of sp³-hybridized carbons (Fsp3) is 0.364. The third kappa shape index (κ3) is 3.48. The maximum atomic E-state index is 14.8. The number of nitrogens with one attached hydrogen (secondary N) is 1. The van der Waals surface area contributed by atoms with Crippen LogP contribution in [0.15, 0.2) is 59.6 Å². The van der Waals surface area contributed by atoms with Gasteiger partial charge in [0.1, 0.15) is 5.82 Å². The lowest BCUT2D eigenvalue weighted by Gasteiger charge is -2.51. The Balaban J connectivity index is 1.72. The van der Waals surface area contributed by atoms with E-state index in [-0.39, 0.29) is 17.1 Å². The monoisotopic (exact) mass is 414 g/mol. The first-order valence-corrected chi connectivity index (χ1v) is 11.6. The van der Waals surface area contributed by atoms with Crippen LogP contribution in [0.25, 0.3) is 0 Å². The summed E-state index contributed by atoms with van der Waals surface area (Å²) in [6, 6.07) is 16.0. The van der Waals surface area contributed by atoms with E-state index in [9.17, 15) is 9.18 Å². The van der Waals surface area contributed by atoms with Crippen molar-refractivity contribution in [3.8, 4) is 0 Å². The van der Waals surface area contributed by atoms with Crippen LogP contribution in [0.3, 0.4) is 0 Å². The summed E-state index contributed by atoms with van der Waals surface area (Å²) in [7, 11) is 0. The van der Waals surface area contributed by atoms with Gasteiger partial charge in [-0.3, -0.25) is 9.79 Å². The molecule has 0 saturated carbocycles. The van der Waals surface area contributed by atoms with Crippen LogP contribution in [-0.4, -0.2) is 28.3 Å². The largest absolute Gasteiger partial charge is 0.301 e. The molecule has 2 aliphatic rings. The smallest absolute Gasteiger partial charge is 0.257 e. The molecule has 2 aliphatic heterocycles. The first kappa shape index (κ1) is 19.5. The Labute approximate surface area is 173 Å². The van der Waals surface area contributed by atoms with Crippen LogP contribution in [0.1, 0.15) is 35.7 Å². The number of carbonyl (C=O) groups excluding carboxylic acids is 1. The fourth-order valence-corrected chi connectivity index (χ4v) is 6.79. The highest BCUT2D eigenvalue weighted by atomic mass is 32.2. The lowest BCUT2D eigenvalue weighted by Crippen LogP contribution is -2.51. The van der Waals surface area contributed by atoms with Crippen molar-refractivity contribution in [1.82, 2.24) is 5.32 Å². The van der Waals surface area contributed by atoms with Gasteiger partial charge in [0.05, 0.1) is 5.54 Å². The summed E-state index contributed by atoms with van der Waals surface area (Å²) in [4.78, 5) is 17.6. The predicted octanol–water partition coefficient (Wildman–Crippen LogP) is 5.09. The minimum atomic E-state index is -0.704. The van der Waals surface area contributed by atoms with Crippen LogP contribution >= 0.6 is 23.5 Å². The van der Waals surface area contributed by atoms with Crippen molar-refractivity contribution in [3.63, 3.8) is 0 Å². The summed E-state index contributed by atoms with van der Waals surface area (Å²) in [5.41, 5.74) is 0.400. The van der Waals surface area contributed by atoms with Gasteiger partial charge in [0.2, 0.25) is 0 Å². The zero-order valence-electron chi connectivity index (χ0n) is 15.8. The number of carbonyl (C=O) groups is 1. The van der Waals surface area contributed by atoms with Crippen LogP contribution < -0.4 is 5.32 Å². The van der Waals surface area contributed by atoms with E-state index in [1.807, 2.05) is 49.0 Å². The molecule has 0 unspecified atom stereocenters. The summed E-state index contributed by atoms with van der Waals surface area (Å²) in [6.07, 6.45) is 2.00. The maximum Gasteiger partial charge on any atom is 0.257 e. The number of benzene rings is 2. The van der Waals surface area contributed by atoms with Gasteiger partial charge in [0.15, 0.2) is 5.17 Å². The highest BCUT2D eigenvalue weighted by Crippen LogP contribution is 2.55. The summed E-state index contributed by atoms with van der Waals surface area (Å²) in [5.74, 6) is 2.54. The number of hydrogen-bond acceptors (Lipinski definition) is 4. The molecule has 4 rings (SSSR count). The van der Waals surface area contributed by atoms with Gasteiger partial charge in [-0.15, -0.1) is 0 Å². The Hall–Kier alpha value is -1.79. The van der Waals surface area contributed by atoms with Gasteiger partial charge in [-0.1, -0.05) is 48.2 Å². The molecule has 1 amide bonds. The molecule has 1 atom stereocenters. The molecule has 6 heteroatoms. The molecule has 0 radical (unpaired) electrons. The Bertz CT molecular complexity index is 896. The molecular formula is C22H23FN2OS2. The van der Waals surface area contributed by atoms with E-state index >= 15 is 0 Å². The predicted molar refractivity (Wildman–Crippen MR) is 117 cm³/mol. The Kier molecular flexibility index (Phi) is 5.52. The van der Waals surface area contributed by atoms with Gasteiger partial charge in [-0.05, 0) is 49.5 Å². The molecule has 2 aromatic carbocycles. The minimum absolute atomic E-state index is 0.105. The van der Waals surface area contributed by atoms with E-state index in [1.54, 1.807) is 30.0 Å². The van der Waals surface area contributed by atoms with Crippen molar-refractivity contribution in [3.05, 3.63) is 71.5 Å². The van der Waals surface area contributed by atoms with Crippen molar-refractivity contribution >= 4 is 34.6 Å². The van der Waals surface area contributed by atoms with Gasteiger partial charge in [-0.2, -0.15) is 11.8 Å². The number of aliphatic imine (C=N–C) groups is 1. The Morgan fingerprint density at radius 2 is 1.75 bits per heavy atom. The summed E-state index contributed by atoms with van der Waals surface area (Å²) < 4.78 is 14.8. The fourth-order valence-electron chi connectivity index (χ4n) is 4.12. The van der Waals surface area contributed by atoms with Gasteiger partial charge >= 0.3 is 0 Å². The standard InChI is InChI=1S/C22H23FN2OS2/c1-21(17-9-5-6-10-18(17)23)22(11-13-27-14-12-22)15-28-20(25-21)24-19(26)16-7-3-2-4-8-16/h2-10H,11-15H2,1H3,(H,24,25,26)/t21-/m1/s1. The lowest BCUT2D eigenvalue weighted by atomic mass is 9.64. The number of amidine groups is 1. The van der Waals surface area contributed by atoms with Crippen molar-refractivity contribution in [2.45, 2.75) is 25.3 Å². The molecule has 146 valence electrons. The summed E-state index contributed by atoms with van der Waals surface area (Å²) in [5, 5.41) is 3.52. The minimum Gasteiger partial charge on any atom is -0.301 e. The topological polar surface area (TPSA) is 41.5 Å².